The highest BCUT2D eigenvalue weighted by atomic mass is 15.4. The highest BCUT2D eigenvalue weighted by Gasteiger charge is 2.17. The summed E-state index contributed by atoms with van der Waals surface area (Å²) in [5, 5.41) is 6.02. The maximum absolute atomic E-state index is 5.27. The molecule has 2 heterocycles. The fourth-order valence-electron chi connectivity index (χ4n) is 1.14. The van der Waals surface area contributed by atoms with Crippen molar-refractivity contribution < 1.29 is 0 Å². The smallest absolute Gasteiger partial charge is 0.241 e. The Bertz CT molecular complexity index is 323. The number of hydrogen-bond donors (Lipinski definition) is 6. The molecule has 8 heteroatoms. The molecule has 1 aliphatic rings. The van der Waals surface area contributed by atoms with Gasteiger partial charge in [-0.25, -0.2) is 11.7 Å². The summed E-state index contributed by atoms with van der Waals surface area (Å²) in [6.45, 7) is 0.604. The topological polar surface area (TPSA) is 126 Å². The third-order valence-corrected chi connectivity index (χ3v) is 1.70. The molecular weight excluding hydrogens is 172 g/mol. The molecule has 0 amide bonds. The average Bonchev–Trinajstić information content (AvgIpc) is 2.63. The number of hydrogen-bond acceptors (Lipinski definition) is 8. The van der Waals surface area contributed by atoms with E-state index in [-0.39, 0.29) is 0 Å². The Balaban J connectivity index is 2.49. The van der Waals surface area contributed by atoms with Gasteiger partial charge in [0.25, 0.3) is 0 Å². The number of hydrazine groups is 2. The van der Waals surface area contributed by atoms with Crippen molar-refractivity contribution in [3.05, 3.63) is 0 Å². The van der Waals surface area contributed by atoms with E-state index in [2.05, 4.69) is 31.5 Å². The molecule has 70 valence electrons. The molecule has 0 saturated carbocycles. The monoisotopic (exact) mass is 182 g/mol. The van der Waals surface area contributed by atoms with Crippen LogP contribution < -0.4 is 33.2 Å². The summed E-state index contributed by atoms with van der Waals surface area (Å²) >= 11 is 0. The van der Waals surface area contributed by atoms with Crippen molar-refractivity contribution in [2.75, 3.05) is 28.2 Å². The molecule has 1 aromatic rings. The van der Waals surface area contributed by atoms with E-state index < -0.39 is 0 Å². The number of rotatable bonds is 2. The molecule has 2 rings (SSSR count). The van der Waals surface area contributed by atoms with Crippen LogP contribution in [0.4, 0.5) is 23.3 Å². The molecule has 13 heavy (non-hydrogen) atoms. The van der Waals surface area contributed by atoms with E-state index >= 15 is 0 Å². The van der Waals surface area contributed by atoms with Gasteiger partial charge in [-0.05, 0) is 0 Å². The van der Waals surface area contributed by atoms with Crippen molar-refractivity contribution in [2.24, 2.45) is 11.7 Å². The Hall–Kier alpha value is -1.80. The minimum atomic E-state index is 0.308. The minimum absolute atomic E-state index is 0.308. The van der Waals surface area contributed by atoms with Gasteiger partial charge in [0, 0.05) is 0 Å². The first kappa shape index (κ1) is 7.83. The highest BCUT2D eigenvalue weighted by molar-refractivity contribution is 5.81. The number of nitrogen functional groups attached to an aromatic ring is 2. The van der Waals surface area contributed by atoms with Gasteiger partial charge in [0.1, 0.15) is 5.69 Å². The number of nitrogens with one attached hydrogen (secondary N) is 4. The Morgan fingerprint density at radius 3 is 2.69 bits per heavy atom. The Morgan fingerprint density at radius 1 is 1.15 bits per heavy atom. The van der Waals surface area contributed by atoms with Gasteiger partial charge in [-0.3, -0.25) is 5.43 Å². The van der Waals surface area contributed by atoms with Crippen LogP contribution in [0.1, 0.15) is 0 Å². The van der Waals surface area contributed by atoms with Gasteiger partial charge >= 0.3 is 0 Å². The van der Waals surface area contributed by atoms with Crippen molar-refractivity contribution in [3.63, 3.8) is 0 Å². The zero-order valence-electron chi connectivity index (χ0n) is 6.76. The highest BCUT2D eigenvalue weighted by Crippen LogP contribution is 2.30. The molecule has 0 aliphatic carbocycles. The van der Waals surface area contributed by atoms with E-state index in [0.29, 0.717) is 24.3 Å². The minimum Gasteiger partial charge on any atom is -0.362 e. The molecule has 1 aromatic heterocycles. The second-order valence-electron chi connectivity index (χ2n) is 2.44. The summed E-state index contributed by atoms with van der Waals surface area (Å²) in [6, 6.07) is 0. The Morgan fingerprint density at radius 2 is 2.00 bits per heavy atom. The average molecular weight is 182 g/mol. The Kier molecular flexibility index (Phi) is 1.76. The van der Waals surface area contributed by atoms with Crippen molar-refractivity contribution in [2.45, 2.75) is 0 Å². The molecule has 0 fully saturated rings. The maximum atomic E-state index is 5.27. The standard InChI is InChI=1S/C5H10N8/c6-12-4-2-3(9-1-8-2)10-5(11-4)13-7/h8H,1,6-7H2,(H3,9,10,11,12,13). The molecule has 0 aromatic carbocycles. The first-order valence-electron chi connectivity index (χ1n) is 3.68. The summed E-state index contributed by atoms with van der Waals surface area (Å²) in [4.78, 5) is 8.06. The zero-order chi connectivity index (χ0) is 9.26. The second-order valence-corrected chi connectivity index (χ2v) is 2.44. The molecule has 0 atom stereocenters. The van der Waals surface area contributed by atoms with Gasteiger partial charge in [0.05, 0.1) is 6.67 Å². The van der Waals surface area contributed by atoms with Crippen molar-refractivity contribution in [1.29, 1.82) is 0 Å². The largest absolute Gasteiger partial charge is 0.362 e. The van der Waals surface area contributed by atoms with E-state index in [0.717, 1.165) is 5.69 Å². The molecule has 0 spiro atoms. The summed E-state index contributed by atoms with van der Waals surface area (Å²) in [5.41, 5.74) is 5.55. The first-order chi connectivity index (χ1) is 6.35. The molecule has 0 unspecified atom stereocenters. The van der Waals surface area contributed by atoms with Crippen molar-refractivity contribution >= 4 is 23.3 Å². The van der Waals surface area contributed by atoms with Crippen LogP contribution in [0.5, 0.6) is 0 Å². The van der Waals surface area contributed by atoms with Gasteiger partial charge in [0.2, 0.25) is 5.95 Å². The maximum Gasteiger partial charge on any atom is 0.241 e. The van der Waals surface area contributed by atoms with E-state index in [1.165, 1.54) is 0 Å². The summed E-state index contributed by atoms with van der Waals surface area (Å²) in [6.07, 6.45) is 0. The molecule has 0 radical (unpaired) electrons. The predicted octanol–water partition coefficient (Wildman–Crippen LogP) is -1.16. The lowest BCUT2D eigenvalue weighted by atomic mass is 10.4. The van der Waals surface area contributed by atoms with E-state index in [9.17, 15) is 0 Å². The fourth-order valence-corrected chi connectivity index (χ4v) is 1.14. The number of fused-ring (bicyclic) bond motifs is 1. The van der Waals surface area contributed by atoms with Crippen LogP contribution in [-0.2, 0) is 0 Å². The lowest BCUT2D eigenvalue weighted by molar-refractivity contribution is 1.11. The van der Waals surface area contributed by atoms with E-state index in [1.807, 2.05) is 0 Å². The van der Waals surface area contributed by atoms with Crippen LogP contribution in [0.15, 0.2) is 0 Å². The van der Waals surface area contributed by atoms with Crippen molar-refractivity contribution in [3.8, 4) is 0 Å². The van der Waals surface area contributed by atoms with Crippen molar-refractivity contribution in [1.82, 2.24) is 9.97 Å². The number of anilines is 4. The van der Waals surface area contributed by atoms with Gasteiger partial charge < -0.3 is 16.1 Å². The van der Waals surface area contributed by atoms with Gasteiger partial charge in [-0.1, -0.05) is 0 Å². The summed E-state index contributed by atoms with van der Waals surface area (Å²) in [7, 11) is 0. The SMILES string of the molecule is NNc1nc(NN)c2c(n1)NCN2. The van der Waals surface area contributed by atoms with Crippen LogP contribution >= 0.6 is 0 Å². The van der Waals surface area contributed by atoms with E-state index in [1.54, 1.807) is 0 Å². The van der Waals surface area contributed by atoms with Gasteiger partial charge in [-0.2, -0.15) is 9.97 Å². The van der Waals surface area contributed by atoms with E-state index in [4.69, 9.17) is 11.7 Å². The van der Waals surface area contributed by atoms with Crippen LogP contribution in [0.2, 0.25) is 0 Å². The molecule has 0 bridgehead atoms. The predicted molar refractivity (Wildman–Crippen MR) is 49.8 cm³/mol. The summed E-state index contributed by atoms with van der Waals surface area (Å²) in [5.74, 6) is 11.9. The Labute approximate surface area is 74.0 Å². The normalized spacial score (nSPS) is 12.8. The lowest BCUT2D eigenvalue weighted by Gasteiger charge is -2.07. The lowest BCUT2D eigenvalue weighted by Crippen LogP contribution is -2.15. The quantitative estimate of drug-likeness (QED) is 0.250. The van der Waals surface area contributed by atoms with Crippen LogP contribution in [0, 0.1) is 0 Å². The molecule has 1 aliphatic heterocycles. The second kappa shape index (κ2) is 2.92. The fraction of sp³-hybridized carbons (Fsp3) is 0.200. The third-order valence-electron chi connectivity index (χ3n) is 1.70. The summed E-state index contributed by atoms with van der Waals surface area (Å²) < 4.78 is 0. The molecule has 8 N–H and O–H groups in total. The van der Waals surface area contributed by atoms with Crippen LogP contribution in [0.3, 0.4) is 0 Å². The number of nitrogens with two attached hydrogens (primary N) is 2. The third kappa shape index (κ3) is 1.17. The first-order valence-corrected chi connectivity index (χ1v) is 3.68. The molecule has 8 nitrogen and oxygen atoms in total. The van der Waals surface area contributed by atoms with Crippen LogP contribution in [-0.4, -0.2) is 16.6 Å². The number of aromatic nitrogens is 2. The zero-order valence-corrected chi connectivity index (χ0v) is 6.76. The van der Waals surface area contributed by atoms with Gasteiger partial charge in [-0.15, -0.1) is 0 Å². The van der Waals surface area contributed by atoms with Gasteiger partial charge in [0.15, 0.2) is 11.6 Å². The van der Waals surface area contributed by atoms with Crippen LogP contribution in [0.25, 0.3) is 0 Å². The number of nitrogens with zero attached hydrogens (tertiary/aromatic N) is 2. The molecular formula is C5H10N8. The molecule has 0 saturated heterocycles.